The summed E-state index contributed by atoms with van der Waals surface area (Å²) >= 11 is 4.10. The van der Waals surface area contributed by atoms with E-state index in [0.29, 0.717) is 0 Å². The van der Waals surface area contributed by atoms with Gasteiger partial charge in [-0.1, -0.05) is 6.92 Å². The SMILES string of the molecule is CCC(=O)[O-].C[N+](C)(C)CCS.[I-]. The Hall–Kier alpha value is 0.510. The number of thiol groups is 1. The predicted octanol–water partition coefficient (Wildman–Crippen LogP) is -3.23. The van der Waals surface area contributed by atoms with Gasteiger partial charge in [-0.2, -0.15) is 12.6 Å². The summed E-state index contributed by atoms with van der Waals surface area (Å²) in [6.07, 6.45) is 0.111. The molecule has 0 fully saturated rings. The molecule has 0 saturated heterocycles. The maximum atomic E-state index is 9.26. The summed E-state index contributed by atoms with van der Waals surface area (Å²) in [6.45, 7) is 2.68. The zero-order valence-electron chi connectivity index (χ0n) is 8.71. The van der Waals surface area contributed by atoms with E-state index in [1.54, 1.807) is 0 Å². The zero-order valence-corrected chi connectivity index (χ0v) is 11.8. The molecule has 0 aliphatic heterocycles. The largest absolute Gasteiger partial charge is 1.00 e. The third kappa shape index (κ3) is 32.6. The number of carbonyl (C=O) groups excluding carboxylic acids is 1. The minimum Gasteiger partial charge on any atom is -1.00 e. The standard InChI is InChI=1S/C5H13NS.C3H6O2.HI/c1-6(2,3)4-5-7;1-2-3(4)5;/h4-5H2,1-3H3;2H2,1H3,(H,4,5);1H/p-1. The molecule has 0 aliphatic rings. The first kappa shape index (κ1) is 19.1. The molecule has 0 bridgehead atoms. The average molecular weight is 320 g/mol. The molecule has 0 saturated carbocycles. The molecule has 0 N–H and O–H groups in total. The third-order valence-electron chi connectivity index (χ3n) is 1.06. The second kappa shape index (κ2) is 10.6. The van der Waals surface area contributed by atoms with Crippen LogP contribution in [-0.4, -0.2) is 43.9 Å². The molecule has 3 nitrogen and oxygen atoms in total. The van der Waals surface area contributed by atoms with Crippen LogP contribution in [0.15, 0.2) is 0 Å². The Morgan fingerprint density at radius 1 is 1.38 bits per heavy atom. The normalized spacial score (nSPS) is 9.31. The summed E-state index contributed by atoms with van der Waals surface area (Å²) in [5, 5.41) is 9.26. The molecule has 5 heteroatoms. The Morgan fingerprint density at radius 3 is 1.69 bits per heavy atom. The monoisotopic (exact) mass is 320 g/mol. The molecular formula is C8H19INO2S-. The molecule has 0 aliphatic carbocycles. The lowest BCUT2D eigenvalue weighted by Gasteiger charge is -2.22. The van der Waals surface area contributed by atoms with Crippen molar-refractivity contribution in [2.24, 2.45) is 0 Å². The summed E-state index contributed by atoms with van der Waals surface area (Å²) in [7, 11) is 6.49. The van der Waals surface area contributed by atoms with Crippen LogP contribution >= 0.6 is 12.6 Å². The van der Waals surface area contributed by atoms with Gasteiger partial charge >= 0.3 is 0 Å². The van der Waals surface area contributed by atoms with Crippen molar-refractivity contribution in [1.29, 1.82) is 0 Å². The molecule has 0 atom stereocenters. The smallest absolute Gasteiger partial charge is 0.0869 e. The molecule has 0 amide bonds. The highest BCUT2D eigenvalue weighted by Crippen LogP contribution is 1.88. The van der Waals surface area contributed by atoms with Gasteiger partial charge in [0.2, 0.25) is 0 Å². The number of nitrogens with zero attached hydrogens (tertiary/aromatic N) is 1. The number of carbonyl (C=O) groups is 1. The van der Waals surface area contributed by atoms with Crippen molar-refractivity contribution >= 4 is 18.6 Å². The van der Waals surface area contributed by atoms with E-state index in [2.05, 4.69) is 33.8 Å². The number of carboxylic acids is 1. The molecule has 0 aromatic rings. The number of hydrogen-bond acceptors (Lipinski definition) is 3. The van der Waals surface area contributed by atoms with Gasteiger partial charge in [0.05, 0.1) is 27.7 Å². The molecule has 0 unspecified atom stereocenters. The van der Waals surface area contributed by atoms with E-state index in [0.717, 1.165) is 16.8 Å². The molecule has 0 heterocycles. The number of halogens is 1. The highest BCUT2D eigenvalue weighted by atomic mass is 127. The average Bonchev–Trinajstić information content (AvgIpc) is 1.86. The van der Waals surface area contributed by atoms with Crippen molar-refractivity contribution in [3.05, 3.63) is 0 Å². The van der Waals surface area contributed by atoms with Gasteiger partial charge in [-0.15, -0.1) is 0 Å². The second-order valence-electron chi connectivity index (χ2n) is 3.46. The lowest BCUT2D eigenvalue weighted by atomic mass is 10.5. The topological polar surface area (TPSA) is 40.1 Å². The predicted molar refractivity (Wildman–Crippen MR) is 52.1 cm³/mol. The van der Waals surface area contributed by atoms with Gasteiger partial charge in [0, 0.05) is 11.7 Å². The van der Waals surface area contributed by atoms with Crippen molar-refractivity contribution in [2.45, 2.75) is 13.3 Å². The van der Waals surface area contributed by atoms with Crippen LogP contribution in [0.4, 0.5) is 0 Å². The number of rotatable bonds is 3. The number of aliphatic carboxylic acids is 1. The lowest BCUT2D eigenvalue weighted by Crippen LogP contribution is -3.00. The van der Waals surface area contributed by atoms with E-state index in [1.165, 1.54) is 6.92 Å². The Balaban J connectivity index is -0.000000150. The first-order chi connectivity index (χ1) is 5.33. The van der Waals surface area contributed by atoms with Crippen molar-refractivity contribution in [2.75, 3.05) is 33.4 Å². The molecular weight excluding hydrogens is 301 g/mol. The van der Waals surface area contributed by atoms with Crippen LogP contribution in [-0.2, 0) is 4.79 Å². The third-order valence-corrected chi connectivity index (χ3v) is 1.26. The van der Waals surface area contributed by atoms with Gasteiger partial charge in [0.15, 0.2) is 0 Å². The second-order valence-corrected chi connectivity index (χ2v) is 3.91. The minimum atomic E-state index is -0.995. The van der Waals surface area contributed by atoms with Crippen LogP contribution in [0.5, 0.6) is 0 Å². The molecule has 0 aromatic carbocycles. The van der Waals surface area contributed by atoms with E-state index in [1.807, 2.05) is 0 Å². The first-order valence-electron chi connectivity index (χ1n) is 3.94. The van der Waals surface area contributed by atoms with Crippen LogP contribution in [0.25, 0.3) is 0 Å². The summed E-state index contributed by atoms with van der Waals surface area (Å²) in [5.74, 6) is -0.0197. The zero-order chi connectivity index (χ0) is 10.2. The van der Waals surface area contributed by atoms with Crippen LogP contribution < -0.4 is 29.1 Å². The van der Waals surface area contributed by atoms with Crippen molar-refractivity contribution in [3.8, 4) is 0 Å². The molecule has 13 heavy (non-hydrogen) atoms. The maximum absolute atomic E-state index is 9.26. The van der Waals surface area contributed by atoms with Crippen molar-refractivity contribution in [3.63, 3.8) is 0 Å². The van der Waals surface area contributed by atoms with Gasteiger partial charge in [0.1, 0.15) is 0 Å². The number of quaternary nitrogens is 1. The molecule has 0 spiro atoms. The number of hydrogen-bond donors (Lipinski definition) is 1. The number of carboxylic acid groups (broad SMARTS) is 1. The minimum absolute atomic E-state index is 0. The van der Waals surface area contributed by atoms with E-state index in [-0.39, 0.29) is 30.4 Å². The van der Waals surface area contributed by atoms with E-state index in [9.17, 15) is 9.90 Å². The van der Waals surface area contributed by atoms with Gasteiger partial charge in [0.25, 0.3) is 0 Å². The summed E-state index contributed by atoms with van der Waals surface area (Å²) in [4.78, 5) is 9.26. The van der Waals surface area contributed by atoms with Crippen LogP contribution in [0.1, 0.15) is 13.3 Å². The van der Waals surface area contributed by atoms with Gasteiger partial charge in [-0.25, -0.2) is 0 Å². The first-order valence-corrected chi connectivity index (χ1v) is 4.58. The fourth-order valence-corrected chi connectivity index (χ4v) is 0.900. The highest BCUT2D eigenvalue weighted by molar-refractivity contribution is 7.80. The molecule has 82 valence electrons. The van der Waals surface area contributed by atoms with Crippen molar-refractivity contribution in [1.82, 2.24) is 0 Å². The van der Waals surface area contributed by atoms with Crippen LogP contribution in [0.2, 0.25) is 0 Å². The van der Waals surface area contributed by atoms with Gasteiger partial charge < -0.3 is 38.4 Å². The Labute approximate surface area is 104 Å². The summed E-state index contributed by atoms with van der Waals surface area (Å²) in [6, 6.07) is 0. The van der Waals surface area contributed by atoms with E-state index >= 15 is 0 Å². The molecule has 0 radical (unpaired) electrons. The Bertz CT molecular complexity index is 126. The van der Waals surface area contributed by atoms with Crippen molar-refractivity contribution < 1.29 is 38.4 Å². The Morgan fingerprint density at radius 2 is 1.69 bits per heavy atom. The van der Waals surface area contributed by atoms with E-state index < -0.39 is 5.97 Å². The molecule has 0 rings (SSSR count). The van der Waals surface area contributed by atoms with E-state index in [4.69, 9.17) is 0 Å². The quantitative estimate of drug-likeness (QED) is 0.338. The van der Waals surface area contributed by atoms with Gasteiger partial charge in [-0.05, 0) is 6.42 Å². The Kier molecular flexibility index (Phi) is 15.6. The van der Waals surface area contributed by atoms with Gasteiger partial charge in [-0.3, -0.25) is 0 Å². The lowest BCUT2D eigenvalue weighted by molar-refractivity contribution is -0.867. The van der Waals surface area contributed by atoms with Crippen LogP contribution in [0, 0.1) is 0 Å². The summed E-state index contributed by atoms with van der Waals surface area (Å²) < 4.78 is 1.02. The highest BCUT2D eigenvalue weighted by Gasteiger charge is 2.01. The fourth-order valence-electron chi connectivity index (χ4n) is 0.300. The fraction of sp³-hybridized carbons (Fsp3) is 0.875. The molecule has 0 aromatic heterocycles. The maximum Gasteiger partial charge on any atom is 0.0869 e. The van der Waals surface area contributed by atoms with Crippen LogP contribution in [0.3, 0.4) is 0 Å². The summed E-state index contributed by atoms with van der Waals surface area (Å²) in [5.41, 5.74) is 0.